The van der Waals surface area contributed by atoms with Crippen molar-refractivity contribution in [3.63, 3.8) is 0 Å². The molecule has 0 saturated carbocycles. The lowest BCUT2D eigenvalue weighted by Gasteiger charge is -2.22. The predicted octanol–water partition coefficient (Wildman–Crippen LogP) is 3.52. The van der Waals surface area contributed by atoms with Crippen LogP contribution in [0.25, 0.3) is 0 Å². The first-order chi connectivity index (χ1) is 9.78. The monoisotopic (exact) mass is 292 g/mol. The highest BCUT2D eigenvalue weighted by molar-refractivity contribution is 6.02. The van der Waals surface area contributed by atoms with E-state index in [9.17, 15) is 9.59 Å². The van der Waals surface area contributed by atoms with Crippen molar-refractivity contribution < 1.29 is 14.3 Å². The molecule has 0 atom stereocenters. The fraction of sp³-hybridized carbons (Fsp3) is 0.500. The number of anilines is 1. The molecule has 0 saturated heterocycles. The number of para-hydroxylation sites is 1. The molecule has 1 N–H and O–H groups in total. The van der Waals surface area contributed by atoms with Gasteiger partial charge in [-0.2, -0.15) is 0 Å². The normalized spacial score (nSPS) is 10.9. The van der Waals surface area contributed by atoms with Crippen molar-refractivity contribution in [2.24, 2.45) is 0 Å². The van der Waals surface area contributed by atoms with Gasteiger partial charge in [0.25, 0.3) is 5.91 Å². The third kappa shape index (κ3) is 5.10. The average molecular weight is 292 g/mol. The Balaban J connectivity index is 2.94. The summed E-state index contributed by atoms with van der Waals surface area (Å²) in [7, 11) is 0. The topological polar surface area (TPSA) is 58.6 Å². The quantitative estimate of drug-likeness (QED) is 0.923. The number of carbonyl (C=O) groups is 2. The molecule has 0 radical (unpaired) electrons. The smallest absolute Gasteiger partial charge is 0.412 e. The van der Waals surface area contributed by atoms with E-state index >= 15 is 0 Å². The minimum atomic E-state index is -0.581. The molecule has 0 aromatic heterocycles. The standard InChI is InChI=1S/C16H24N2O3/c1-6-18(7-2)14(19)12-10-8-9-11-13(12)17-15(20)21-16(3,4)5/h8-11H,6-7H2,1-5H3,(H,17,20). The van der Waals surface area contributed by atoms with E-state index in [1.807, 2.05) is 13.8 Å². The molecule has 5 heteroatoms. The summed E-state index contributed by atoms with van der Waals surface area (Å²) in [5.74, 6) is -0.105. The number of nitrogens with one attached hydrogen (secondary N) is 1. The summed E-state index contributed by atoms with van der Waals surface area (Å²) in [5.41, 5.74) is 0.345. The Morgan fingerprint density at radius 1 is 1.14 bits per heavy atom. The molecule has 0 aliphatic carbocycles. The second kappa shape index (κ2) is 7.11. The fourth-order valence-electron chi connectivity index (χ4n) is 1.87. The molecule has 0 aliphatic heterocycles. The zero-order valence-electron chi connectivity index (χ0n) is 13.4. The van der Waals surface area contributed by atoms with Gasteiger partial charge in [-0.15, -0.1) is 0 Å². The molecule has 0 fully saturated rings. The lowest BCUT2D eigenvalue weighted by molar-refractivity contribution is 0.0636. The van der Waals surface area contributed by atoms with E-state index in [2.05, 4.69) is 5.32 Å². The van der Waals surface area contributed by atoms with Crippen LogP contribution in [0.15, 0.2) is 24.3 Å². The Hall–Kier alpha value is -2.04. The summed E-state index contributed by atoms with van der Waals surface area (Å²) in [4.78, 5) is 26.0. The van der Waals surface area contributed by atoms with E-state index in [0.717, 1.165) is 0 Å². The lowest BCUT2D eigenvalue weighted by Crippen LogP contribution is -2.32. The van der Waals surface area contributed by atoms with Crippen molar-refractivity contribution >= 4 is 17.7 Å². The van der Waals surface area contributed by atoms with Gasteiger partial charge in [-0.25, -0.2) is 4.79 Å². The first-order valence-electron chi connectivity index (χ1n) is 7.16. The number of nitrogens with zero attached hydrogens (tertiary/aromatic N) is 1. The Morgan fingerprint density at radius 3 is 2.24 bits per heavy atom. The molecule has 21 heavy (non-hydrogen) atoms. The second-order valence-corrected chi connectivity index (χ2v) is 5.65. The van der Waals surface area contributed by atoms with Crippen LogP contribution in [0.5, 0.6) is 0 Å². The molecule has 2 amide bonds. The minimum Gasteiger partial charge on any atom is -0.444 e. The first-order valence-corrected chi connectivity index (χ1v) is 7.16. The number of carbonyl (C=O) groups excluding carboxylic acids is 2. The van der Waals surface area contributed by atoms with Gasteiger partial charge in [0.2, 0.25) is 0 Å². The molecule has 0 spiro atoms. The summed E-state index contributed by atoms with van der Waals surface area (Å²) < 4.78 is 5.21. The number of rotatable bonds is 4. The van der Waals surface area contributed by atoms with Crippen LogP contribution in [-0.4, -0.2) is 35.6 Å². The van der Waals surface area contributed by atoms with Crippen molar-refractivity contribution in [2.45, 2.75) is 40.2 Å². The Labute approximate surface area is 126 Å². The van der Waals surface area contributed by atoms with E-state index in [-0.39, 0.29) is 5.91 Å². The van der Waals surface area contributed by atoms with Crippen LogP contribution in [0.2, 0.25) is 0 Å². The van der Waals surface area contributed by atoms with Crippen LogP contribution in [0, 0.1) is 0 Å². The number of hydrogen-bond acceptors (Lipinski definition) is 3. The third-order valence-electron chi connectivity index (χ3n) is 2.84. The van der Waals surface area contributed by atoms with Crippen LogP contribution in [0.4, 0.5) is 10.5 Å². The summed E-state index contributed by atoms with van der Waals surface area (Å²) in [6.07, 6.45) is -0.567. The molecule has 1 aromatic rings. The largest absolute Gasteiger partial charge is 0.444 e. The van der Waals surface area contributed by atoms with Gasteiger partial charge in [0.05, 0.1) is 11.3 Å². The van der Waals surface area contributed by atoms with Gasteiger partial charge in [0.15, 0.2) is 0 Å². The fourth-order valence-corrected chi connectivity index (χ4v) is 1.87. The summed E-state index contributed by atoms with van der Waals surface area (Å²) in [6.45, 7) is 10.5. The van der Waals surface area contributed by atoms with Crippen molar-refractivity contribution in [2.75, 3.05) is 18.4 Å². The highest BCUT2D eigenvalue weighted by atomic mass is 16.6. The molecule has 116 valence electrons. The van der Waals surface area contributed by atoms with Gasteiger partial charge < -0.3 is 9.64 Å². The molecular weight excluding hydrogens is 268 g/mol. The zero-order valence-corrected chi connectivity index (χ0v) is 13.4. The Kier molecular flexibility index (Phi) is 5.76. The molecule has 0 bridgehead atoms. The van der Waals surface area contributed by atoms with E-state index in [0.29, 0.717) is 24.3 Å². The maximum Gasteiger partial charge on any atom is 0.412 e. The molecule has 1 rings (SSSR count). The van der Waals surface area contributed by atoms with Crippen LogP contribution in [0.3, 0.4) is 0 Å². The highest BCUT2D eigenvalue weighted by Gasteiger charge is 2.20. The van der Waals surface area contributed by atoms with Crippen molar-refractivity contribution in [3.05, 3.63) is 29.8 Å². The Morgan fingerprint density at radius 2 is 1.71 bits per heavy atom. The van der Waals surface area contributed by atoms with Crippen LogP contribution in [0.1, 0.15) is 45.0 Å². The van der Waals surface area contributed by atoms with Gasteiger partial charge >= 0.3 is 6.09 Å². The number of amides is 2. The molecule has 1 aromatic carbocycles. The van der Waals surface area contributed by atoms with Crippen LogP contribution in [-0.2, 0) is 4.74 Å². The van der Waals surface area contributed by atoms with Crippen molar-refractivity contribution in [1.29, 1.82) is 0 Å². The summed E-state index contributed by atoms with van der Waals surface area (Å²) in [5, 5.41) is 2.64. The second-order valence-electron chi connectivity index (χ2n) is 5.65. The third-order valence-corrected chi connectivity index (χ3v) is 2.84. The van der Waals surface area contributed by atoms with Gasteiger partial charge in [-0.05, 0) is 46.8 Å². The number of hydrogen-bond donors (Lipinski definition) is 1. The minimum absolute atomic E-state index is 0.105. The number of benzene rings is 1. The van der Waals surface area contributed by atoms with Gasteiger partial charge in [0, 0.05) is 13.1 Å². The molecular formula is C16H24N2O3. The van der Waals surface area contributed by atoms with Crippen molar-refractivity contribution in [1.82, 2.24) is 4.90 Å². The SMILES string of the molecule is CCN(CC)C(=O)c1ccccc1NC(=O)OC(C)(C)C. The van der Waals surface area contributed by atoms with Gasteiger partial charge in [-0.3, -0.25) is 10.1 Å². The molecule has 5 nitrogen and oxygen atoms in total. The predicted molar refractivity (Wildman–Crippen MR) is 83.6 cm³/mol. The van der Waals surface area contributed by atoms with Crippen LogP contribution < -0.4 is 5.32 Å². The summed E-state index contributed by atoms with van der Waals surface area (Å²) >= 11 is 0. The lowest BCUT2D eigenvalue weighted by atomic mass is 10.1. The van der Waals surface area contributed by atoms with E-state index in [4.69, 9.17) is 4.74 Å². The highest BCUT2D eigenvalue weighted by Crippen LogP contribution is 2.18. The maximum atomic E-state index is 12.4. The van der Waals surface area contributed by atoms with E-state index < -0.39 is 11.7 Å². The van der Waals surface area contributed by atoms with E-state index in [1.54, 1.807) is 49.9 Å². The number of ether oxygens (including phenoxy) is 1. The Bertz CT molecular complexity index is 502. The van der Waals surface area contributed by atoms with Crippen LogP contribution >= 0.6 is 0 Å². The van der Waals surface area contributed by atoms with Crippen molar-refractivity contribution in [3.8, 4) is 0 Å². The maximum absolute atomic E-state index is 12.4. The molecule has 0 heterocycles. The first kappa shape index (κ1) is 17.0. The van der Waals surface area contributed by atoms with E-state index in [1.165, 1.54) is 0 Å². The van der Waals surface area contributed by atoms with Gasteiger partial charge in [-0.1, -0.05) is 12.1 Å². The summed E-state index contributed by atoms with van der Waals surface area (Å²) in [6, 6.07) is 6.94. The van der Waals surface area contributed by atoms with Gasteiger partial charge in [0.1, 0.15) is 5.60 Å². The molecule has 0 aliphatic rings. The molecule has 0 unspecified atom stereocenters. The zero-order chi connectivity index (χ0) is 16.0. The average Bonchev–Trinajstić information content (AvgIpc) is 2.38.